The smallest absolute Gasteiger partial charge is 0.250 e. The molecule has 1 saturated carbocycles. The van der Waals surface area contributed by atoms with E-state index < -0.39 is 12.1 Å². The molecule has 4 rings (SSSR count). The molecule has 0 unspecified atom stereocenters. The monoisotopic (exact) mass is 381 g/mol. The highest BCUT2D eigenvalue weighted by Crippen LogP contribution is 2.35. The molecule has 3 aromatic heterocycles. The average Bonchev–Trinajstić information content (AvgIpc) is 3.40. The fourth-order valence-electron chi connectivity index (χ4n) is 3.23. The standard InChI is InChI=1S/C20H20FN5O2/c1-3-10-6-18(27)26(2)9-14(10)16-4-11-5-17(23-8-13(11)19(22)24-16)25-20(28)12-7-15(12)21/h4-6,8-9,12,15H,3,7H2,1-2H3,(H2,22,24)(H,23,25,28)/t12-,15+/m1/s1. The zero-order chi connectivity index (χ0) is 20.0. The van der Waals surface area contributed by atoms with E-state index >= 15 is 0 Å². The van der Waals surface area contributed by atoms with E-state index in [9.17, 15) is 14.0 Å². The number of nitrogens with zero attached hydrogens (tertiary/aromatic N) is 3. The Bertz CT molecular complexity index is 1160. The highest BCUT2D eigenvalue weighted by atomic mass is 19.1. The first kappa shape index (κ1) is 18.1. The Morgan fingerprint density at radius 2 is 2.14 bits per heavy atom. The number of aryl methyl sites for hydroxylation is 2. The molecule has 144 valence electrons. The first-order valence-electron chi connectivity index (χ1n) is 9.08. The SMILES string of the molecule is CCc1cc(=O)n(C)cc1-c1cc2cc(NC(=O)[C@@H]3C[C@@H]3F)ncc2c(N)n1. The topological polar surface area (TPSA) is 103 Å². The Balaban J connectivity index is 1.77. The predicted molar refractivity (Wildman–Crippen MR) is 106 cm³/mol. The number of aromatic nitrogens is 3. The van der Waals surface area contributed by atoms with Gasteiger partial charge in [-0.1, -0.05) is 6.92 Å². The molecule has 1 amide bonds. The van der Waals surface area contributed by atoms with Crippen LogP contribution in [0.1, 0.15) is 18.9 Å². The summed E-state index contributed by atoms with van der Waals surface area (Å²) in [7, 11) is 1.68. The Morgan fingerprint density at radius 1 is 1.39 bits per heavy atom. The van der Waals surface area contributed by atoms with Gasteiger partial charge in [0.1, 0.15) is 17.8 Å². The summed E-state index contributed by atoms with van der Waals surface area (Å²) in [6.07, 6.45) is 3.15. The number of carbonyl (C=O) groups excluding carboxylic acids is 1. The minimum absolute atomic E-state index is 0.0881. The average molecular weight is 381 g/mol. The van der Waals surface area contributed by atoms with Crippen molar-refractivity contribution in [3.05, 3.63) is 46.5 Å². The third-order valence-electron chi connectivity index (χ3n) is 5.02. The molecule has 0 bridgehead atoms. The van der Waals surface area contributed by atoms with Gasteiger partial charge in [0.2, 0.25) is 5.91 Å². The molecule has 0 spiro atoms. The largest absolute Gasteiger partial charge is 0.383 e. The normalized spacial score (nSPS) is 18.2. The first-order chi connectivity index (χ1) is 13.4. The summed E-state index contributed by atoms with van der Waals surface area (Å²) in [5.74, 6) is -0.314. The third-order valence-corrected chi connectivity index (χ3v) is 5.02. The summed E-state index contributed by atoms with van der Waals surface area (Å²) in [5, 5.41) is 4.05. The lowest BCUT2D eigenvalue weighted by atomic mass is 10.0. The van der Waals surface area contributed by atoms with Crippen LogP contribution < -0.4 is 16.6 Å². The van der Waals surface area contributed by atoms with Crippen molar-refractivity contribution < 1.29 is 9.18 Å². The van der Waals surface area contributed by atoms with Crippen LogP contribution in [0.4, 0.5) is 16.0 Å². The number of nitrogens with two attached hydrogens (primary N) is 1. The van der Waals surface area contributed by atoms with E-state index in [2.05, 4.69) is 15.3 Å². The van der Waals surface area contributed by atoms with Crippen LogP contribution in [0.25, 0.3) is 22.0 Å². The number of pyridine rings is 3. The molecule has 8 heteroatoms. The van der Waals surface area contributed by atoms with Crippen molar-refractivity contribution in [1.29, 1.82) is 0 Å². The van der Waals surface area contributed by atoms with E-state index in [0.29, 0.717) is 29.1 Å². The number of carbonyl (C=O) groups is 1. The van der Waals surface area contributed by atoms with Gasteiger partial charge in [-0.25, -0.2) is 14.4 Å². The first-order valence-corrected chi connectivity index (χ1v) is 9.08. The summed E-state index contributed by atoms with van der Waals surface area (Å²) >= 11 is 0. The van der Waals surface area contributed by atoms with Crippen LogP contribution in [0.2, 0.25) is 0 Å². The second kappa shape index (κ2) is 6.70. The number of anilines is 2. The van der Waals surface area contributed by atoms with Gasteiger partial charge in [0.25, 0.3) is 5.56 Å². The van der Waals surface area contributed by atoms with E-state index in [1.807, 2.05) is 13.0 Å². The molecule has 0 radical (unpaired) electrons. The molecule has 1 fully saturated rings. The lowest BCUT2D eigenvalue weighted by Crippen LogP contribution is -2.17. The van der Waals surface area contributed by atoms with Crippen LogP contribution in [0.5, 0.6) is 0 Å². The zero-order valence-electron chi connectivity index (χ0n) is 15.6. The molecule has 3 N–H and O–H groups in total. The number of halogens is 1. The molecular formula is C20H20FN5O2. The van der Waals surface area contributed by atoms with E-state index in [-0.39, 0.29) is 17.9 Å². The van der Waals surface area contributed by atoms with Gasteiger partial charge in [-0.2, -0.15) is 0 Å². The van der Waals surface area contributed by atoms with E-state index in [1.54, 1.807) is 31.6 Å². The quantitative estimate of drug-likeness (QED) is 0.723. The molecule has 2 atom stereocenters. The molecule has 3 aromatic rings. The molecule has 1 aliphatic rings. The molecule has 3 heterocycles. The van der Waals surface area contributed by atoms with Gasteiger partial charge in [-0.3, -0.25) is 9.59 Å². The lowest BCUT2D eigenvalue weighted by molar-refractivity contribution is -0.117. The van der Waals surface area contributed by atoms with Gasteiger partial charge in [-0.15, -0.1) is 0 Å². The molecular weight excluding hydrogens is 361 g/mol. The molecule has 7 nitrogen and oxygen atoms in total. The predicted octanol–water partition coefficient (Wildman–Crippen LogP) is 2.44. The van der Waals surface area contributed by atoms with Crippen LogP contribution >= 0.6 is 0 Å². The summed E-state index contributed by atoms with van der Waals surface area (Å²) in [4.78, 5) is 32.6. The zero-order valence-corrected chi connectivity index (χ0v) is 15.6. The van der Waals surface area contributed by atoms with Crippen LogP contribution in [0.15, 0.2) is 35.4 Å². The van der Waals surface area contributed by atoms with E-state index in [0.717, 1.165) is 16.5 Å². The highest BCUT2D eigenvalue weighted by Gasteiger charge is 2.43. The van der Waals surface area contributed by atoms with Crippen molar-refractivity contribution in [2.75, 3.05) is 11.1 Å². The van der Waals surface area contributed by atoms with Gasteiger partial charge in [-0.05, 0) is 35.9 Å². The third kappa shape index (κ3) is 3.21. The summed E-state index contributed by atoms with van der Waals surface area (Å²) in [5.41, 5.74) is 8.36. The van der Waals surface area contributed by atoms with Crippen LogP contribution in [-0.2, 0) is 18.3 Å². The number of alkyl halides is 1. The molecule has 1 aliphatic carbocycles. The van der Waals surface area contributed by atoms with Crippen molar-refractivity contribution in [2.45, 2.75) is 25.9 Å². The van der Waals surface area contributed by atoms with Crippen LogP contribution in [0.3, 0.4) is 0 Å². The van der Waals surface area contributed by atoms with E-state index in [4.69, 9.17) is 5.73 Å². The summed E-state index contributed by atoms with van der Waals surface area (Å²) in [6, 6.07) is 5.13. The van der Waals surface area contributed by atoms with Crippen molar-refractivity contribution in [3.63, 3.8) is 0 Å². The maximum Gasteiger partial charge on any atom is 0.250 e. The van der Waals surface area contributed by atoms with Gasteiger partial charge in [0.05, 0.1) is 11.6 Å². The number of nitrogens with one attached hydrogen (secondary N) is 1. The Morgan fingerprint density at radius 3 is 2.82 bits per heavy atom. The van der Waals surface area contributed by atoms with Crippen molar-refractivity contribution in [1.82, 2.24) is 14.5 Å². The van der Waals surface area contributed by atoms with Crippen molar-refractivity contribution >= 4 is 28.3 Å². The second-order valence-electron chi connectivity index (χ2n) is 7.05. The fourth-order valence-corrected chi connectivity index (χ4v) is 3.23. The van der Waals surface area contributed by atoms with Crippen LogP contribution in [0, 0.1) is 5.92 Å². The Labute approximate surface area is 160 Å². The van der Waals surface area contributed by atoms with Crippen molar-refractivity contribution in [3.8, 4) is 11.3 Å². The fraction of sp³-hybridized carbons (Fsp3) is 0.300. The van der Waals surface area contributed by atoms with Crippen LogP contribution in [-0.4, -0.2) is 26.6 Å². The van der Waals surface area contributed by atoms with Gasteiger partial charge in [0.15, 0.2) is 0 Å². The lowest BCUT2D eigenvalue weighted by Gasteiger charge is -2.12. The van der Waals surface area contributed by atoms with Gasteiger partial charge >= 0.3 is 0 Å². The van der Waals surface area contributed by atoms with E-state index in [1.165, 1.54) is 4.57 Å². The molecule has 0 saturated heterocycles. The maximum atomic E-state index is 13.1. The minimum Gasteiger partial charge on any atom is -0.383 e. The Kier molecular flexibility index (Phi) is 4.33. The number of rotatable bonds is 4. The number of hydrogen-bond acceptors (Lipinski definition) is 5. The number of nitrogen functional groups attached to an aromatic ring is 1. The second-order valence-corrected chi connectivity index (χ2v) is 7.05. The summed E-state index contributed by atoms with van der Waals surface area (Å²) < 4.78 is 14.6. The van der Waals surface area contributed by atoms with Gasteiger partial charge < -0.3 is 15.6 Å². The highest BCUT2D eigenvalue weighted by molar-refractivity contribution is 5.98. The number of amides is 1. The molecule has 28 heavy (non-hydrogen) atoms. The number of hydrogen-bond donors (Lipinski definition) is 2. The summed E-state index contributed by atoms with van der Waals surface area (Å²) in [6.45, 7) is 1.97. The molecule has 0 aliphatic heterocycles. The minimum atomic E-state index is -1.07. The van der Waals surface area contributed by atoms with Crippen molar-refractivity contribution in [2.24, 2.45) is 13.0 Å². The van der Waals surface area contributed by atoms with Gasteiger partial charge in [0, 0.05) is 36.5 Å². The molecule has 0 aromatic carbocycles. The maximum absolute atomic E-state index is 13.1. The number of fused-ring (bicyclic) bond motifs is 1. The Hall–Kier alpha value is -3.29.